The van der Waals surface area contributed by atoms with Crippen LogP contribution >= 0.6 is 12.2 Å². The average molecular weight is 393 g/mol. The largest absolute Gasteiger partial charge is 0.366 e. The molecule has 0 spiro atoms. The molecule has 28 heavy (non-hydrogen) atoms. The smallest absolute Gasteiger partial charge is 0.293 e. The van der Waals surface area contributed by atoms with E-state index in [1.165, 1.54) is 0 Å². The van der Waals surface area contributed by atoms with E-state index in [-0.39, 0.29) is 10.6 Å². The standard InChI is InChI=1S/C20H19N5O2S/c26-25(27)19-12-15(8-9-18(19)23-10-4-5-11-23)13-21-24-14-17(22-20(24)28)16-6-2-1-3-7-16/h1-3,6-9,12-14H,4-5,10-11H2,(H,22,28)/b21-13-. The third-order valence-electron chi connectivity index (χ3n) is 4.76. The Balaban J connectivity index is 1.61. The fourth-order valence-electron chi connectivity index (χ4n) is 3.36. The van der Waals surface area contributed by atoms with Crippen LogP contribution in [0.25, 0.3) is 11.3 Å². The molecule has 1 N–H and O–H groups in total. The van der Waals surface area contributed by atoms with Crippen molar-refractivity contribution in [2.75, 3.05) is 18.0 Å². The molecule has 1 aliphatic heterocycles. The summed E-state index contributed by atoms with van der Waals surface area (Å²) in [7, 11) is 0. The van der Waals surface area contributed by atoms with E-state index in [9.17, 15) is 10.1 Å². The van der Waals surface area contributed by atoms with Gasteiger partial charge in [-0.15, -0.1) is 0 Å². The Bertz CT molecular complexity index is 1080. The summed E-state index contributed by atoms with van der Waals surface area (Å²) in [5.41, 5.74) is 3.29. The number of hydrogen-bond donors (Lipinski definition) is 1. The van der Waals surface area contributed by atoms with Gasteiger partial charge in [0.25, 0.3) is 5.69 Å². The van der Waals surface area contributed by atoms with Gasteiger partial charge in [-0.3, -0.25) is 10.1 Å². The summed E-state index contributed by atoms with van der Waals surface area (Å²) in [5.74, 6) is 0. The molecule has 1 aliphatic rings. The van der Waals surface area contributed by atoms with Crippen LogP contribution in [-0.4, -0.2) is 33.9 Å². The topological polar surface area (TPSA) is 79.5 Å². The molecule has 0 bridgehead atoms. The second-order valence-corrected chi connectivity index (χ2v) is 7.01. The summed E-state index contributed by atoms with van der Waals surface area (Å²) >= 11 is 5.33. The Morgan fingerprint density at radius 2 is 1.89 bits per heavy atom. The van der Waals surface area contributed by atoms with E-state index >= 15 is 0 Å². The number of aromatic amines is 1. The van der Waals surface area contributed by atoms with Crippen molar-refractivity contribution < 1.29 is 4.92 Å². The number of rotatable bonds is 5. The first-order valence-corrected chi connectivity index (χ1v) is 9.47. The minimum Gasteiger partial charge on any atom is -0.366 e. The van der Waals surface area contributed by atoms with Gasteiger partial charge in [0.2, 0.25) is 0 Å². The molecule has 4 rings (SSSR count). The monoisotopic (exact) mass is 393 g/mol. The summed E-state index contributed by atoms with van der Waals surface area (Å²) < 4.78 is 2.01. The molecule has 0 atom stereocenters. The molecule has 8 heteroatoms. The van der Waals surface area contributed by atoms with Gasteiger partial charge in [-0.1, -0.05) is 36.4 Å². The third kappa shape index (κ3) is 3.72. The lowest BCUT2D eigenvalue weighted by molar-refractivity contribution is -0.384. The molecule has 2 aromatic carbocycles. The van der Waals surface area contributed by atoms with Crippen molar-refractivity contribution in [1.29, 1.82) is 0 Å². The first-order chi connectivity index (χ1) is 13.6. The van der Waals surface area contributed by atoms with Crippen LogP contribution < -0.4 is 4.90 Å². The van der Waals surface area contributed by atoms with E-state index < -0.39 is 0 Å². The zero-order valence-electron chi connectivity index (χ0n) is 15.1. The highest BCUT2D eigenvalue weighted by molar-refractivity contribution is 7.71. The molecule has 3 aromatic rings. The molecule has 142 valence electrons. The van der Waals surface area contributed by atoms with Gasteiger partial charge < -0.3 is 9.88 Å². The molecule has 0 amide bonds. The summed E-state index contributed by atoms with van der Waals surface area (Å²) in [6.45, 7) is 1.71. The molecule has 1 aromatic heterocycles. The molecule has 2 heterocycles. The zero-order chi connectivity index (χ0) is 19.5. The van der Waals surface area contributed by atoms with E-state index in [2.05, 4.69) is 15.0 Å². The normalized spacial score (nSPS) is 14.1. The van der Waals surface area contributed by atoms with Gasteiger partial charge in [-0.05, 0) is 36.7 Å². The first-order valence-electron chi connectivity index (χ1n) is 9.07. The van der Waals surface area contributed by atoms with Gasteiger partial charge in [0.1, 0.15) is 5.69 Å². The van der Waals surface area contributed by atoms with Crippen LogP contribution in [0.1, 0.15) is 18.4 Å². The number of hydrogen-bond acceptors (Lipinski definition) is 5. The molecule has 1 saturated heterocycles. The summed E-state index contributed by atoms with van der Waals surface area (Å²) in [6, 6.07) is 15.0. The lowest BCUT2D eigenvalue weighted by atomic mass is 10.1. The molecule has 1 fully saturated rings. The maximum absolute atomic E-state index is 11.5. The van der Waals surface area contributed by atoms with E-state index in [0.717, 1.165) is 37.2 Å². The molecule has 0 saturated carbocycles. The van der Waals surface area contributed by atoms with Crippen molar-refractivity contribution >= 4 is 29.8 Å². The van der Waals surface area contributed by atoms with Crippen LogP contribution in [0.15, 0.2) is 59.8 Å². The SMILES string of the molecule is O=[N+]([O-])c1cc(/C=N\n2cc(-c3ccccc3)[nH]c2=S)ccc1N1CCCC1. The van der Waals surface area contributed by atoms with Crippen LogP contribution in [0.5, 0.6) is 0 Å². The van der Waals surface area contributed by atoms with E-state index in [1.807, 2.05) is 36.4 Å². The highest BCUT2D eigenvalue weighted by Gasteiger charge is 2.22. The van der Waals surface area contributed by atoms with Gasteiger partial charge in [0, 0.05) is 24.7 Å². The fourth-order valence-corrected chi connectivity index (χ4v) is 3.57. The predicted molar refractivity (Wildman–Crippen MR) is 113 cm³/mol. The lowest BCUT2D eigenvalue weighted by Crippen LogP contribution is -2.18. The number of nitrogens with one attached hydrogen (secondary N) is 1. The third-order valence-corrected chi connectivity index (χ3v) is 5.05. The van der Waals surface area contributed by atoms with Crippen LogP contribution in [0.3, 0.4) is 0 Å². The first kappa shape index (κ1) is 18.1. The van der Waals surface area contributed by atoms with E-state index in [4.69, 9.17) is 12.2 Å². The molecule has 0 aliphatic carbocycles. The minimum absolute atomic E-state index is 0.105. The Morgan fingerprint density at radius 1 is 1.14 bits per heavy atom. The molecular weight excluding hydrogens is 374 g/mol. The molecule has 7 nitrogen and oxygen atoms in total. The van der Waals surface area contributed by atoms with Gasteiger partial charge in [0.15, 0.2) is 4.77 Å². The minimum atomic E-state index is -0.333. The fraction of sp³-hybridized carbons (Fsp3) is 0.200. The van der Waals surface area contributed by atoms with Crippen molar-refractivity contribution in [3.05, 3.63) is 75.2 Å². The number of H-pyrrole nitrogens is 1. The number of nitrogens with zero attached hydrogens (tertiary/aromatic N) is 4. The van der Waals surface area contributed by atoms with Crippen molar-refractivity contribution in [3.8, 4) is 11.3 Å². The maximum Gasteiger partial charge on any atom is 0.293 e. The number of imidazole rings is 1. The molecule has 0 unspecified atom stereocenters. The number of nitro groups is 1. The Hall–Kier alpha value is -3.26. The zero-order valence-corrected chi connectivity index (χ0v) is 15.9. The van der Waals surface area contributed by atoms with E-state index in [1.54, 1.807) is 29.2 Å². The number of aromatic nitrogens is 2. The number of anilines is 1. The van der Waals surface area contributed by atoms with Crippen LogP contribution in [0.4, 0.5) is 11.4 Å². The lowest BCUT2D eigenvalue weighted by Gasteiger charge is -2.17. The van der Waals surface area contributed by atoms with Gasteiger partial charge in [-0.25, -0.2) is 4.68 Å². The van der Waals surface area contributed by atoms with Gasteiger partial charge in [-0.2, -0.15) is 5.10 Å². The van der Waals surface area contributed by atoms with Crippen LogP contribution in [0.2, 0.25) is 0 Å². The summed E-state index contributed by atoms with van der Waals surface area (Å²) in [6.07, 6.45) is 5.52. The maximum atomic E-state index is 11.5. The summed E-state index contributed by atoms with van der Waals surface area (Å²) in [4.78, 5) is 16.4. The summed E-state index contributed by atoms with van der Waals surface area (Å²) in [5, 5.41) is 15.9. The molecule has 0 radical (unpaired) electrons. The van der Waals surface area contributed by atoms with Crippen molar-refractivity contribution in [1.82, 2.24) is 9.66 Å². The van der Waals surface area contributed by atoms with Crippen molar-refractivity contribution in [2.24, 2.45) is 5.10 Å². The second kappa shape index (κ2) is 7.77. The Labute approximate surface area is 167 Å². The average Bonchev–Trinajstić information content (AvgIpc) is 3.37. The van der Waals surface area contributed by atoms with E-state index in [0.29, 0.717) is 16.0 Å². The van der Waals surface area contributed by atoms with Crippen molar-refractivity contribution in [3.63, 3.8) is 0 Å². The second-order valence-electron chi connectivity index (χ2n) is 6.63. The van der Waals surface area contributed by atoms with Crippen LogP contribution in [0, 0.1) is 14.9 Å². The highest BCUT2D eigenvalue weighted by Crippen LogP contribution is 2.31. The highest BCUT2D eigenvalue weighted by atomic mass is 32.1. The number of nitro benzene ring substituents is 1. The predicted octanol–water partition coefficient (Wildman–Crippen LogP) is 4.60. The Morgan fingerprint density at radius 3 is 2.61 bits per heavy atom. The molecular formula is C20H19N5O2S. The number of benzene rings is 2. The van der Waals surface area contributed by atoms with Crippen molar-refractivity contribution in [2.45, 2.75) is 12.8 Å². The Kier molecular flexibility index (Phi) is 5.03. The van der Waals surface area contributed by atoms with Crippen LogP contribution in [-0.2, 0) is 0 Å². The quantitative estimate of drug-likeness (QED) is 0.297. The van der Waals surface area contributed by atoms with Gasteiger partial charge in [0.05, 0.1) is 23.0 Å². The van der Waals surface area contributed by atoms with Gasteiger partial charge >= 0.3 is 0 Å².